The van der Waals surface area contributed by atoms with Crippen molar-refractivity contribution in [1.29, 1.82) is 0 Å². The summed E-state index contributed by atoms with van der Waals surface area (Å²) >= 11 is 0. The minimum absolute atomic E-state index is 1.00. The van der Waals surface area contributed by atoms with E-state index in [2.05, 4.69) is 31.8 Å². The lowest BCUT2D eigenvalue weighted by molar-refractivity contribution is 0.913. The first kappa shape index (κ1) is 8.25. The normalized spacial score (nSPS) is 10.5. The Hall–Kier alpha value is -0.850. The number of pyridine rings is 1. The highest BCUT2D eigenvalue weighted by atomic mass is 14.7. The largest absolute Gasteiger partial charge is 0.261 e. The molecule has 1 rings (SSSR count). The molecule has 0 saturated carbocycles. The van der Waals surface area contributed by atoms with Gasteiger partial charge in [-0.3, -0.25) is 4.98 Å². The molecule has 0 atom stereocenters. The lowest BCUT2D eigenvalue weighted by atomic mass is 10.1. The fourth-order valence-corrected chi connectivity index (χ4v) is 1.06. The maximum Gasteiger partial charge on any atom is 0.0411 e. The summed E-state index contributed by atoms with van der Waals surface area (Å²) in [4.78, 5) is 4.26. The monoisotopic (exact) mass is 148 g/mol. The number of rotatable bonds is 2. The Labute approximate surface area is 68.5 Å². The van der Waals surface area contributed by atoms with Crippen LogP contribution < -0.4 is 0 Å². The van der Waals surface area contributed by atoms with E-state index in [0.717, 1.165) is 6.42 Å². The molecule has 0 fully saturated rings. The number of nitrogens with zero attached hydrogens (tertiary/aromatic N) is 1. The third kappa shape index (κ3) is 2.71. The first-order chi connectivity index (χ1) is 5.18. The van der Waals surface area contributed by atoms with Gasteiger partial charge in [0.15, 0.2) is 0 Å². The second kappa shape index (κ2) is 3.51. The molecule has 1 radical (unpaired) electrons. The predicted octanol–water partition coefficient (Wildman–Crippen LogP) is 2.55. The standard InChI is InChI=1S/C10H14N/c1-8(2)6-10-7-9(3)4-5-11-10/h4-5,7H,6H2,1-3H3. The molecule has 1 nitrogen and oxygen atoms in total. The van der Waals surface area contributed by atoms with Gasteiger partial charge in [-0.15, -0.1) is 0 Å². The average Bonchev–Trinajstić information content (AvgIpc) is 1.85. The van der Waals surface area contributed by atoms with Gasteiger partial charge in [-0.2, -0.15) is 0 Å². The molecular formula is C10H14N. The van der Waals surface area contributed by atoms with E-state index in [1.807, 2.05) is 12.3 Å². The third-order valence-corrected chi connectivity index (χ3v) is 1.51. The fraction of sp³-hybridized carbons (Fsp3) is 0.400. The fourth-order valence-electron chi connectivity index (χ4n) is 1.06. The summed E-state index contributed by atoms with van der Waals surface area (Å²) in [6.07, 6.45) is 2.87. The second-order valence-electron chi connectivity index (χ2n) is 3.21. The molecule has 0 spiro atoms. The van der Waals surface area contributed by atoms with Gasteiger partial charge in [-0.05, 0) is 37.0 Å². The van der Waals surface area contributed by atoms with E-state index in [1.54, 1.807) is 0 Å². The smallest absolute Gasteiger partial charge is 0.0411 e. The molecule has 11 heavy (non-hydrogen) atoms. The Balaban J connectivity index is 2.71. The number of hydrogen-bond donors (Lipinski definition) is 0. The molecule has 0 aliphatic carbocycles. The van der Waals surface area contributed by atoms with Gasteiger partial charge < -0.3 is 0 Å². The molecule has 1 heteroatoms. The Bertz CT molecular complexity index is 228. The Kier molecular flexibility index (Phi) is 2.64. The molecule has 1 aromatic heterocycles. The van der Waals surface area contributed by atoms with Crippen LogP contribution in [-0.2, 0) is 6.42 Å². The lowest BCUT2D eigenvalue weighted by Crippen LogP contribution is -1.95. The molecular weight excluding hydrogens is 134 g/mol. The maximum absolute atomic E-state index is 4.26. The molecule has 1 heterocycles. The Morgan fingerprint density at radius 2 is 2.18 bits per heavy atom. The zero-order valence-electron chi connectivity index (χ0n) is 7.39. The van der Waals surface area contributed by atoms with Crippen molar-refractivity contribution < 1.29 is 0 Å². The van der Waals surface area contributed by atoms with Crippen LogP contribution in [0.2, 0.25) is 0 Å². The SMILES string of the molecule is C[C](C)Cc1cc(C)ccn1. The van der Waals surface area contributed by atoms with Crippen molar-refractivity contribution in [2.24, 2.45) is 0 Å². The molecule has 0 saturated heterocycles. The average molecular weight is 148 g/mol. The highest BCUT2D eigenvalue weighted by molar-refractivity contribution is 5.16. The van der Waals surface area contributed by atoms with E-state index in [-0.39, 0.29) is 0 Å². The van der Waals surface area contributed by atoms with E-state index in [1.165, 1.54) is 17.2 Å². The van der Waals surface area contributed by atoms with Crippen LogP contribution >= 0.6 is 0 Å². The molecule has 0 aliphatic heterocycles. The van der Waals surface area contributed by atoms with E-state index < -0.39 is 0 Å². The highest BCUT2D eigenvalue weighted by Gasteiger charge is 1.98. The summed E-state index contributed by atoms with van der Waals surface area (Å²) in [5.74, 6) is 1.41. The van der Waals surface area contributed by atoms with Crippen molar-refractivity contribution in [3.63, 3.8) is 0 Å². The van der Waals surface area contributed by atoms with Gasteiger partial charge >= 0.3 is 0 Å². The summed E-state index contributed by atoms with van der Waals surface area (Å²) in [5.41, 5.74) is 2.46. The van der Waals surface area contributed by atoms with Gasteiger partial charge in [0.1, 0.15) is 0 Å². The molecule has 59 valence electrons. The minimum Gasteiger partial charge on any atom is -0.261 e. The van der Waals surface area contributed by atoms with Crippen molar-refractivity contribution >= 4 is 0 Å². The van der Waals surface area contributed by atoms with Crippen LogP contribution in [0.3, 0.4) is 0 Å². The molecule has 0 aliphatic rings. The van der Waals surface area contributed by atoms with Crippen molar-refractivity contribution in [2.75, 3.05) is 0 Å². The van der Waals surface area contributed by atoms with Crippen molar-refractivity contribution in [2.45, 2.75) is 27.2 Å². The van der Waals surface area contributed by atoms with Crippen LogP contribution in [0.4, 0.5) is 0 Å². The minimum atomic E-state index is 1.00. The quantitative estimate of drug-likeness (QED) is 0.628. The number of hydrogen-bond acceptors (Lipinski definition) is 1. The van der Waals surface area contributed by atoms with E-state index in [4.69, 9.17) is 0 Å². The van der Waals surface area contributed by atoms with Crippen LogP contribution in [0, 0.1) is 12.8 Å². The highest BCUT2D eigenvalue weighted by Crippen LogP contribution is 2.07. The van der Waals surface area contributed by atoms with Crippen molar-refractivity contribution in [1.82, 2.24) is 4.98 Å². The van der Waals surface area contributed by atoms with Gasteiger partial charge in [-0.25, -0.2) is 0 Å². The zero-order valence-corrected chi connectivity index (χ0v) is 7.39. The molecule has 0 bridgehead atoms. The zero-order chi connectivity index (χ0) is 8.27. The van der Waals surface area contributed by atoms with Crippen LogP contribution in [0.25, 0.3) is 0 Å². The first-order valence-electron chi connectivity index (χ1n) is 3.89. The summed E-state index contributed by atoms with van der Waals surface area (Å²) < 4.78 is 0. The number of aromatic nitrogens is 1. The van der Waals surface area contributed by atoms with Crippen LogP contribution in [0.5, 0.6) is 0 Å². The third-order valence-electron chi connectivity index (χ3n) is 1.51. The molecule has 0 amide bonds. The van der Waals surface area contributed by atoms with Crippen LogP contribution in [0.15, 0.2) is 18.3 Å². The Morgan fingerprint density at radius 3 is 2.73 bits per heavy atom. The predicted molar refractivity (Wildman–Crippen MR) is 47.3 cm³/mol. The number of aryl methyl sites for hydroxylation is 1. The summed E-state index contributed by atoms with van der Waals surface area (Å²) in [6.45, 7) is 6.35. The van der Waals surface area contributed by atoms with Gasteiger partial charge in [0, 0.05) is 11.9 Å². The van der Waals surface area contributed by atoms with Gasteiger partial charge in [-0.1, -0.05) is 13.8 Å². The Morgan fingerprint density at radius 1 is 1.45 bits per heavy atom. The lowest BCUT2D eigenvalue weighted by Gasteiger charge is -2.03. The van der Waals surface area contributed by atoms with E-state index >= 15 is 0 Å². The summed E-state index contributed by atoms with van der Waals surface area (Å²) in [5, 5.41) is 0. The topological polar surface area (TPSA) is 12.9 Å². The second-order valence-corrected chi connectivity index (χ2v) is 3.21. The first-order valence-corrected chi connectivity index (χ1v) is 3.89. The molecule has 1 aromatic rings. The van der Waals surface area contributed by atoms with E-state index in [9.17, 15) is 0 Å². The van der Waals surface area contributed by atoms with Crippen LogP contribution in [-0.4, -0.2) is 4.98 Å². The molecule has 0 N–H and O–H groups in total. The van der Waals surface area contributed by atoms with Gasteiger partial charge in [0.25, 0.3) is 0 Å². The van der Waals surface area contributed by atoms with Gasteiger partial charge in [0.2, 0.25) is 0 Å². The van der Waals surface area contributed by atoms with Gasteiger partial charge in [0.05, 0.1) is 0 Å². The summed E-state index contributed by atoms with van der Waals surface area (Å²) in [7, 11) is 0. The van der Waals surface area contributed by atoms with E-state index in [0.29, 0.717) is 0 Å². The molecule has 0 aromatic carbocycles. The van der Waals surface area contributed by atoms with Crippen molar-refractivity contribution in [3.05, 3.63) is 35.5 Å². The summed E-state index contributed by atoms with van der Waals surface area (Å²) in [6, 6.07) is 4.15. The van der Waals surface area contributed by atoms with Crippen LogP contribution in [0.1, 0.15) is 25.1 Å². The van der Waals surface area contributed by atoms with Crippen molar-refractivity contribution in [3.8, 4) is 0 Å². The molecule has 0 unspecified atom stereocenters. The maximum atomic E-state index is 4.26.